The van der Waals surface area contributed by atoms with Crippen LogP contribution in [0.15, 0.2) is 23.3 Å². The number of hydrogen-bond donors (Lipinski definition) is 0. The van der Waals surface area contributed by atoms with Crippen LogP contribution in [-0.2, 0) is 0 Å². The van der Waals surface area contributed by atoms with E-state index in [2.05, 4.69) is 46.8 Å². The van der Waals surface area contributed by atoms with Gasteiger partial charge in [-0.2, -0.15) is 0 Å². The summed E-state index contributed by atoms with van der Waals surface area (Å²) in [4.78, 5) is 0. The van der Waals surface area contributed by atoms with E-state index < -0.39 is 0 Å². The van der Waals surface area contributed by atoms with Crippen LogP contribution in [0.4, 0.5) is 0 Å². The van der Waals surface area contributed by atoms with Crippen molar-refractivity contribution in [2.24, 2.45) is 5.92 Å². The van der Waals surface area contributed by atoms with Gasteiger partial charge in [0.15, 0.2) is 0 Å². The fourth-order valence-corrected chi connectivity index (χ4v) is 1.25. The first-order valence-electron chi connectivity index (χ1n) is 4.33. The third-order valence-electron chi connectivity index (χ3n) is 1.75. The molecule has 0 aliphatic heterocycles. The lowest BCUT2D eigenvalue weighted by molar-refractivity contribution is 0.710. The summed E-state index contributed by atoms with van der Waals surface area (Å²) in [6.07, 6.45) is 5.71. The van der Waals surface area contributed by atoms with Crippen molar-refractivity contribution in [1.29, 1.82) is 0 Å². The molecule has 0 aromatic rings. The minimum Gasteiger partial charge on any atom is -0.0887 e. The predicted octanol–water partition coefficient (Wildman–Crippen LogP) is 3.95. The molecule has 0 radical (unpaired) electrons. The molecule has 0 N–H and O–H groups in total. The Bertz CT molecular complexity index is 157. The maximum Gasteiger partial charge on any atom is -0.0222 e. The lowest BCUT2D eigenvalue weighted by Gasteiger charge is -2.06. The Morgan fingerprint density at radius 3 is 2.18 bits per heavy atom. The van der Waals surface area contributed by atoms with Gasteiger partial charge in [-0.25, -0.2) is 0 Å². The SMILES string of the molecule is CC=C(C)CC(C)C=C(C)C. The van der Waals surface area contributed by atoms with E-state index in [1.165, 1.54) is 17.6 Å². The van der Waals surface area contributed by atoms with Crippen LogP contribution in [0.3, 0.4) is 0 Å². The van der Waals surface area contributed by atoms with E-state index in [1.54, 1.807) is 0 Å². The van der Waals surface area contributed by atoms with E-state index in [9.17, 15) is 0 Å². The van der Waals surface area contributed by atoms with Gasteiger partial charge in [-0.1, -0.05) is 30.2 Å². The van der Waals surface area contributed by atoms with Crippen molar-refractivity contribution in [2.45, 2.75) is 41.0 Å². The molecule has 0 rings (SSSR count). The van der Waals surface area contributed by atoms with E-state index in [1.807, 2.05) is 0 Å². The normalized spacial score (nSPS) is 14.5. The molecule has 0 aromatic heterocycles. The van der Waals surface area contributed by atoms with Gasteiger partial charge in [0.25, 0.3) is 0 Å². The maximum absolute atomic E-state index is 2.33. The molecule has 0 saturated carbocycles. The maximum atomic E-state index is 2.33. The molecule has 1 unspecified atom stereocenters. The number of rotatable bonds is 3. The molecule has 11 heavy (non-hydrogen) atoms. The molecule has 64 valence electrons. The average molecular weight is 152 g/mol. The Labute approximate surface area is 71.0 Å². The molecule has 0 spiro atoms. The Balaban J connectivity index is 3.88. The zero-order valence-corrected chi connectivity index (χ0v) is 8.44. The molecular weight excluding hydrogens is 132 g/mol. The monoisotopic (exact) mass is 152 g/mol. The van der Waals surface area contributed by atoms with Gasteiger partial charge in [0.05, 0.1) is 0 Å². The second kappa shape index (κ2) is 5.17. The first kappa shape index (κ1) is 10.5. The van der Waals surface area contributed by atoms with Crippen LogP contribution >= 0.6 is 0 Å². The molecule has 0 heteroatoms. The first-order chi connectivity index (χ1) is 5.06. The van der Waals surface area contributed by atoms with Crippen molar-refractivity contribution in [1.82, 2.24) is 0 Å². The Morgan fingerprint density at radius 1 is 1.27 bits per heavy atom. The molecule has 0 aromatic carbocycles. The molecular formula is C11H20. The lowest BCUT2D eigenvalue weighted by Crippen LogP contribution is -1.91. The van der Waals surface area contributed by atoms with Crippen molar-refractivity contribution < 1.29 is 0 Å². The third kappa shape index (κ3) is 5.90. The highest BCUT2D eigenvalue weighted by Crippen LogP contribution is 2.13. The number of allylic oxidation sites excluding steroid dienone is 4. The highest BCUT2D eigenvalue weighted by molar-refractivity contribution is 5.03. The van der Waals surface area contributed by atoms with Gasteiger partial charge in [0.2, 0.25) is 0 Å². The average Bonchev–Trinajstić information content (AvgIpc) is 1.85. The van der Waals surface area contributed by atoms with Gasteiger partial charge in [0, 0.05) is 0 Å². The molecule has 0 nitrogen and oxygen atoms in total. The largest absolute Gasteiger partial charge is 0.0887 e. The molecule has 0 amide bonds. The van der Waals surface area contributed by atoms with Crippen molar-refractivity contribution >= 4 is 0 Å². The minimum atomic E-state index is 0.691. The standard InChI is InChI=1S/C11H20/c1-6-10(4)8-11(5)7-9(2)3/h6-7,11H,8H2,1-5H3. The van der Waals surface area contributed by atoms with Gasteiger partial charge in [0.1, 0.15) is 0 Å². The van der Waals surface area contributed by atoms with Crippen molar-refractivity contribution in [3.63, 3.8) is 0 Å². The Hall–Kier alpha value is -0.520. The third-order valence-corrected chi connectivity index (χ3v) is 1.75. The predicted molar refractivity (Wildman–Crippen MR) is 52.6 cm³/mol. The molecule has 0 saturated heterocycles. The highest BCUT2D eigenvalue weighted by Gasteiger charge is 1.97. The van der Waals surface area contributed by atoms with Crippen LogP contribution in [0.2, 0.25) is 0 Å². The highest BCUT2D eigenvalue weighted by atomic mass is 14.0. The summed E-state index contributed by atoms with van der Waals surface area (Å²) in [5, 5.41) is 0. The van der Waals surface area contributed by atoms with E-state index in [-0.39, 0.29) is 0 Å². The second-order valence-electron chi connectivity index (χ2n) is 3.56. The zero-order valence-electron chi connectivity index (χ0n) is 8.44. The van der Waals surface area contributed by atoms with Gasteiger partial charge in [-0.15, -0.1) is 0 Å². The molecule has 0 heterocycles. The van der Waals surface area contributed by atoms with Gasteiger partial charge < -0.3 is 0 Å². The summed E-state index contributed by atoms with van der Waals surface area (Å²) < 4.78 is 0. The van der Waals surface area contributed by atoms with Gasteiger partial charge >= 0.3 is 0 Å². The topological polar surface area (TPSA) is 0 Å². The summed E-state index contributed by atoms with van der Waals surface area (Å²) >= 11 is 0. The van der Waals surface area contributed by atoms with Crippen LogP contribution in [0.25, 0.3) is 0 Å². The van der Waals surface area contributed by atoms with Crippen LogP contribution in [0, 0.1) is 5.92 Å². The molecule has 1 atom stereocenters. The molecule has 0 aliphatic carbocycles. The van der Waals surface area contributed by atoms with E-state index in [4.69, 9.17) is 0 Å². The van der Waals surface area contributed by atoms with E-state index >= 15 is 0 Å². The summed E-state index contributed by atoms with van der Waals surface area (Å²) in [6.45, 7) is 10.9. The molecule has 0 bridgehead atoms. The van der Waals surface area contributed by atoms with Crippen molar-refractivity contribution in [3.05, 3.63) is 23.3 Å². The zero-order chi connectivity index (χ0) is 8.85. The van der Waals surface area contributed by atoms with Gasteiger partial charge in [-0.05, 0) is 40.0 Å². The Morgan fingerprint density at radius 2 is 1.82 bits per heavy atom. The van der Waals surface area contributed by atoms with E-state index in [0.717, 1.165) is 0 Å². The van der Waals surface area contributed by atoms with Crippen molar-refractivity contribution in [2.75, 3.05) is 0 Å². The van der Waals surface area contributed by atoms with Crippen LogP contribution in [0.1, 0.15) is 41.0 Å². The smallest absolute Gasteiger partial charge is 0.0222 e. The Kier molecular flexibility index (Phi) is 4.93. The van der Waals surface area contributed by atoms with Crippen LogP contribution in [0.5, 0.6) is 0 Å². The summed E-state index contributed by atoms with van der Waals surface area (Å²) in [5.74, 6) is 0.691. The van der Waals surface area contributed by atoms with Crippen molar-refractivity contribution in [3.8, 4) is 0 Å². The fourth-order valence-electron chi connectivity index (χ4n) is 1.25. The van der Waals surface area contributed by atoms with Crippen LogP contribution < -0.4 is 0 Å². The first-order valence-corrected chi connectivity index (χ1v) is 4.33. The lowest BCUT2D eigenvalue weighted by atomic mass is 10.0. The second-order valence-corrected chi connectivity index (χ2v) is 3.56. The summed E-state index contributed by atoms with van der Waals surface area (Å²) in [5.41, 5.74) is 2.90. The van der Waals surface area contributed by atoms with Crippen LogP contribution in [-0.4, -0.2) is 0 Å². The molecule has 0 aliphatic rings. The number of hydrogen-bond acceptors (Lipinski definition) is 0. The molecule has 0 fully saturated rings. The van der Waals surface area contributed by atoms with Gasteiger partial charge in [-0.3, -0.25) is 0 Å². The fraction of sp³-hybridized carbons (Fsp3) is 0.636. The minimum absolute atomic E-state index is 0.691. The summed E-state index contributed by atoms with van der Waals surface area (Å²) in [7, 11) is 0. The summed E-state index contributed by atoms with van der Waals surface area (Å²) in [6, 6.07) is 0. The van der Waals surface area contributed by atoms with E-state index in [0.29, 0.717) is 5.92 Å². The quantitative estimate of drug-likeness (QED) is 0.537.